The number of benzene rings is 3. The Morgan fingerprint density at radius 1 is 0.969 bits per heavy atom. The van der Waals surface area contributed by atoms with Crippen LogP contribution < -0.4 is 5.32 Å². The maximum Gasteiger partial charge on any atom is 0.251 e. The zero-order chi connectivity index (χ0) is 22.1. The summed E-state index contributed by atoms with van der Waals surface area (Å²) in [5, 5.41) is 10.5. The van der Waals surface area contributed by atoms with Gasteiger partial charge in [0.2, 0.25) is 0 Å². The number of carbonyl (C=O) groups is 1. The molecule has 1 aliphatic carbocycles. The van der Waals surface area contributed by atoms with Gasteiger partial charge in [-0.3, -0.25) is 9.89 Å². The van der Waals surface area contributed by atoms with Gasteiger partial charge in [-0.05, 0) is 54.7 Å². The standard InChI is InChI=1S/C26H21F2N3O/c27-22-13-8-16(14-23(22)28)15-29-26(32)19-11-9-18(10-12-19)24-21-7-3-5-17-4-1-2-6-20(17)25(21)31-30-24/h1-2,4,6,8-14H,3,5,7,15H2,(H,29,32)(H,30,31). The zero-order valence-electron chi connectivity index (χ0n) is 17.3. The SMILES string of the molecule is O=C(NCc1ccc(F)c(F)c1)c1ccc(-c2n[nH]c3c2CCCc2ccccc2-3)cc1. The molecule has 0 spiro atoms. The third-order valence-corrected chi connectivity index (χ3v) is 5.88. The molecule has 1 aliphatic rings. The van der Waals surface area contributed by atoms with Crippen molar-refractivity contribution in [3.05, 3.63) is 101 Å². The van der Waals surface area contributed by atoms with Gasteiger partial charge in [-0.1, -0.05) is 42.5 Å². The van der Waals surface area contributed by atoms with Crippen molar-refractivity contribution in [2.75, 3.05) is 0 Å². The first kappa shape index (κ1) is 20.1. The topological polar surface area (TPSA) is 57.8 Å². The molecule has 32 heavy (non-hydrogen) atoms. The fourth-order valence-corrected chi connectivity index (χ4v) is 4.22. The Morgan fingerprint density at radius 2 is 1.78 bits per heavy atom. The van der Waals surface area contributed by atoms with Crippen molar-refractivity contribution < 1.29 is 13.6 Å². The molecule has 3 aromatic carbocycles. The third kappa shape index (κ3) is 3.80. The first-order valence-corrected chi connectivity index (χ1v) is 10.6. The number of nitrogens with one attached hydrogen (secondary N) is 2. The quantitative estimate of drug-likeness (QED) is 0.454. The van der Waals surface area contributed by atoms with Crippen LogP contribution in [-0.4, -0.2) is 16.1 Å². The second-order valence-corrected chi connectivity index (χ2v) is 7.94. The monoisotopic (exact) mass is 429 g/mol. The first-order valence-electron chi connectivity index (χ1n) is 10.6. The van der Waals surface area contributed by atoms with E-state index in [0.29, 0.717) is 11.1 Å². The third-order valence-electron chi connectivity index (χ3n) is 5.88. The summed E-state index contributed by atoms with van der Waals surface area (Å²) in [6.07, 6.45) is 3.03. The Bertz CT molecular complexity index is 1290. The molecule has 2 N–H and O–H groups in total. The average molecular weight is 429 g/mol. The van der Waals surface area contributed by atoms with Gasteiger partial charge in [0.15, 0.2) is 11.6 Å². The summed E-state index contributed by atoms with van der Waals surface area (Å²) < 4.78 is 26.4. The van der Waals surface area contributed by atoms with Crippen molar-refractivity contribution in [2.45, 2.75) is 25.8 Å². The largest absolute Gasteiger partial charge is 0.348 e. The summed E-state index contributed by atoms with van der Waals surface area (Å²) in [6, 6.07) is 19.3. The highest BCUT2D eigenvalue weighted by atomic mass is 19.2. The summed E-state index contributed by atoms with van der Waals surface area (Å²) in [7, 11) is 0. The van der Waals surface area contributed by atoms with Crippen molar-refractivity contribution in [3.63, 3.8) is 0 Å². The van der Waals surface area contributed by atoms with E-state index >= 15 is 0 Å². The van der Waals surface area contributed by atoms with Crippen LogP contribution in [0.1, 0.15) is 33.5 Å². The van der Waals surface area contributed by atoms with Gasteiger partial charge in [-0.2, -0.15) is 5.10 Å². The highest BCUT2D eigenvalue weighted by molar-refractivity contribution is 5.94. The van der Waals surface area contributed by atoms with E-state index < -0.39 is 11.6 Å². The molecule has 0 radical (unpaired) electrons. The predicted molar refractivity (Wildman–Crippen MR) is 119 cm³/mol. The molecule has 0 unspecified atom stereocenters. The molecule has 0 aliphatic heterocycles. The highest BCUT2D eigenvalue weighted by Gasteiger charge is 2.21. The summed E-state index contributed by atoms with van der Waals surface area (Å²) >= 11 is 0. The molecule has 1 heterocycles. The van der Waals surface area contributed by atoms with Crippen LogP contribution in [0, 0.1) is 11.6 Å². The Hall–Kier alpha value is -3.80. The molecule has 0 atom stereocenters. The Morgan fingerprint density at radius 3 is 2.59 bits per heavy atom. The average Bonchev–Trinajstić information content (AvgIpc) is 3.15. The number of fused-ring (bicyclic) bond motifs is 3. The van der Waals surface area contributed by atoms with Crippen LogP contribution >= 0.6 is 0 Å². The number of carbonyl (C=O) groups excluding carboxylic acids is 1. The van der Waals surface area contributed by atoms with Crippen LogP contribution in [-0.2, 0) is 19.4 Å². The van der Waals surface area contributed by atoms with E-state index in [2.05, 4.69) is 33.7 Å². The minimum absolute atomic E-state index is 0.115. The van der Waals surface area contributed by atoms with Gasteiger partial charge in [0, 0.05) is 28.8 Å². The van der Waals surface area contributed by atoms with Crippen molar-refractivity contribution in [1.82, 2.24) is 15.5 Å². The van der Waals surface area contributed by atoms with Crippen LogP contribution in [0.25, 0.3) is 22.5 Å². The number of halogens is 2. The lowest BCUT2D eigenvalue weighted by atomic mass is 9.99. The van der Waals surface area contributed by atoms with Gasteiger partial charge >= 0.3 is 0 Å². The molecule has 0 saturated heterocycles. The van der Waals surface area contributed by atoms with Crippen LogP contribution in [0.2, 0.25) is 0 Å². The minimum Gasteiger partial charge on any atom is -0.348 e. The van der Waals surface area contributed by atoms with E-state index in [0.717, 1.165) is 48.3 Å². The number of aryl methyl sites for hydroxylation is 1. The molecule has 5 rings (SSSR count). The number of hydrogen-bond donors (Lipinski definition) is 2. The van der Waals surface area contributed by atoms with Crippen molar-refractivity contribution >= 4 is 5.91 Å². The van der Waals surface area contributed by atoms with Crippen LogP contribution in [0.4, 0.5) is 8.78 Å². The van der Waals surface area contributed by atoms with E-state index in [1.807, 2.05) is 18.2 Å². The number of nitrogens with zero attached hydrogens (tertiary/aromatic N) is 1. The lowest BCUT2D eigenvalue weighted by Gasteiger charge is -2.07. The number of aromatic amines is 1. The second kappa shape index (κ2) is 8.38. The molecule has 0 saturated carbocycles. The van der Waals surface area contributed by atoms with Gasteiger partial charge < -0.3 is 5.32 Å². The predicted octanol–water partition coefficient (Wildman–Crippen LogP) is 5.44. The van der Waals surface area contributed by atoms with Gasteiger partial charge in [0.25, 0.3) is 5.91 Å². The summed E-state index contributed by atoms with van der Waals surface area (Å²) in [6.45, 7) is 0.115. The summed E-state index contributed by atoms with van der Waals surface area (Å²) in [5.41, 5.74) is 7.63. The number of hydrogen-bond acceptors (Lipinski definition) is 2. The molecule has 4 nitrogen and oxygen atoms in total. The zero-order valence-corrected chi connectivity index (χ0v) is 17.3. The van der Waals surface area contributed by atoms with E-state index in [9.17, 15) is 13.6 Å². The molecule has 4 aromatic rings. The van der Waals surface area contributed by atoms with E-state index in [1.165, 1.54) is 22.8 Å². The van der Waals surface area contributed by atoms with E-state index in [4.69, 9.17) is 0 Å². The fourth-order valence-electron chi connectivity index (χ4n) is 4.22. The van der Waals surface area contributed by atoms with Crippen LogP contribution in [0.15, 0.2) is 66.7 Å². The Labute approximate surface area is 184 Å². The van der Waals surface area contributed by atoms with Gasteiger partial charge in [-0.15, -0.1) is 0 Å². The van der Waals surface area contributed by atoms with Gasteiger partial charge in [0.1, 0.15) is 0 Å². The second-order valence-electron chi connectivity index (χ2n) is 7.94. The molecule has 1 aromatic heterocycles. The number of amides is 1. The lowest BCUT2D eigenvalue weighted by Crippen LogP contribution is -2.22. The maximum atomic E-state index is 13.3. The maximum absolute atomic E-state index is 13.3. The fraction of sp³-hybridized carbons (Fsp3) is 0.154. The van der Waals surface area contributed by atoms with Crippen molar-refractivity contribution in [2.24, 2.45) is 0 Å². The van der Waals surface area contributed by atoms with Crippen LogP contribution in [0.3, 0.4) is 0 Å². The smallest absolute Gasteiger partial charge is 0.251 e. The molecule has 1 amide bonds. The van der Waals surface area contributed by atoms with Crippen molar-refractivity contribution in [1.29, 1.82) is 0 Å². The lowest BCUT2D eigenvalue weighted by molar-refractivity contribution is 0.0951. The first-order chi connectivity index (χ1) is 15.6. The van der Waals surface area contributed by atoms with E-state index in [-0.39, 0.29) is 12.5 Å². The molecule has 160 valence electrons. The van der Waals surface area contributed by atoms with E-state index in [1.54, 1.807) is 12.1 Å². The number of rotatable bonds is 4. The molecule has 6 heteroatoms. The Balaban J connectivity index is 1.34. The molecular formula is C26H21F2N3O. The van der Waals surface area contributed by atoms with Crippen molar-refractivity contribution in [3.8, 4) is 22.5 Å². The summed E-state index contributed by atoms with van der Waals surface area (Å²) in [4.78, 5) is 12.5. The van der Waals surface area contributed by atoms with Gasteiger partial charge in [-0.25, -0.2) is 8.78 Å². The molecule has 0 bridgehead atoms. The number of H-pyrrole nitrogens is 1. The highest BCUT2D eigenvalue weighted by Crippen LogP contribution is 2.36. The Kier molecular flexibility index (Phi) is 5.27. The molecule has 0 fully saturated rings. The normalized spacial score (nSPS) is 12.6. The number of aromatic nitrogens is 2. The van der Waals surface area contributed by atoms with Gasteiger partial charge in [0.05, 0.1) is 11.4 Å². The minimum atomic E-state index is -0.929. The van der Waals surface area contributed by atoms with Crippen LogP contribution in [0.5, 0.6) is 0 Å². The molecular weight excluding hydrogens is 408 g/mol. The summed E-state index contributed by atoms with van der Waals surface area (Å²) in [5.74, 6) is -2.12.